The average molecular weight is 437 g/mol. The number of nitro groups is 1. The van der Waals surface area contributed by atoms with Gasteiger partial charge in [-0.05, 0) is 55.3 Å². The van der Waals surface area contributed by atoms with Crippen molar-refractivity contribution in [3.05, 3.63) is 57.3 Å². The zero-order valence-electron chi connectivity index (χ0n) is 16.9. The molecule has 1 aromatic heterocycles. The van der Waals surface area contributed by atoms with Crippen LogP contribution >= 0.6 is 11.8 Å². The lowest BCUT2D eigenvalue weighted by atomic mass is 10.1. The number of nitrogens with zero attached hydrogens (tertiary/aromatic N) is 4. The second kappa shape index (κ2) is 8.31. The molecule has 10 heteroatoms. The molecule has 0 fully saturated rings. The summed E-state index contributed by atoms with van der Waals surface area (Å²) in [6, 6.07) is 7.87. The molecule has 0 bridgehead atoms. The molecule has 31 heavy (non-hydrogen) atoms. The number of fused-ring (bicyclic) bond motifs is 1. The largest absolute Gasteiger partial charge is 0.457 e. The molecular formula is C21H19N5O4S. The van der Waals surface area contributed by atoms with Crippen LogP contribution in [0.5, 0.6) is 0 Å². The van der Waals surface area contributed by atoms with Crippen molar-refractivity contribution in [3.63, 3.8) is 0 Å². The number of aliphatic imine (C=N–C) groups is 1. The zero-order chi connectivity index (χ0) is 22.1. The highest BCUT2D eigenvalue weighted by atomic mass is 32.2. The van der Waals surface area contributed by atoms with Gasteiger partial charge in [0.05, 0.1) is 10.5 Å². The normalized spacial score (nSPS) is 17.1. The Kier molecular flexibility index (Phi) is 5.55. The number of non-ortho nitro benzene ring substituents is 1. The molecule has 0 atom stereocenters. The molecule has 3 heterocycles. The minimum atomic E-state index is -0.528. The molecule has 0 aliphatic carbocycles. The number of carbonyl (C=O) groups is 1. The lowest BCUT2D eigenvalue weighted by Gasteiger charge is -2.19. The Morgan fingerprint density at radius 3 is 2.87 bits per heavy atom. The fourth-order valence-electron chi connectivity index (χ4n) is 3.17. The van der Waals surface area contributed by atoms with Gasteiger partial charge in [0.15, 0.2) is 5.84 Å². The third-order valence-corrected chi connectivity index (χ3v) is 5.82. The van der Waals surface area contributed by atoms with Crippen LogP contribution in [0, 0.1) is 22.4 Å². The van der Waals surface area contributed by atoms with Crippen molar-refractivity contribution >= 4 is 45.5 Å². The molecule has 0 saturated heterocycles. The molecule has 0 unspecified atom stereocenters. The van der Waals surface area contributed by atoms with Gasteiger partial charge in [0, 0.05) is 17.7 Å². The van der Waals surface area contributed by atoms with Crippen LogP contribution in [0.15, 0.2) is 50.4 Å². The quantitative estimate of drug-likeness (QED) is 0.386. The maximum atomic E-state index is 12.5. The molecule has 158 valence electrons. The standard InChI is InChI=1S/C21H19N5O4S/c1-3-4-5-18-24-25-19(22)16(20(27)23-21(25)31-18)11-14-8-9-17(30-14)15-10-13(26(28)29)7-6-12(15)2/h6-11,22H,3-5H2,1-2H3/b16-11-,22-19?. The Morgan fingerprint density at radius 2 is 2.13 bits per heavy atom. The third-order valence-electron chi connectivity index (χ3n) is 4.85. The molecule has 2 aliphatic heterocycles. The van der Waals surface area contributed by atoms with E-state index in [-0.39, 0.29) is 17.1 Å². The number of hydrogen-bond acceptors (Lipinski definition) is 7. The molecule has 2 aromatic rings. The Labute approximate surface area is 182 Å². The second-order valence-electron chi connectivity index (χ2n) is 7.08. The van der Waals surface area contributed by atoms with Crippen molar-refractivity contribution in [1.82, 2.24) is 5.01 Å². The van der Waals surface area contributed by atoms with Gasteiger partial charge in [0.1, 0.15) is 16.6 Å². The van der Waals surface area contributed by atoms with E-state index in [0.717, 1.165) is 29.9 Å². The molecule has 0 saturated carbocycles. The van der Waals surface area contributed by atoms with Crippen LogP contribution in [0.4, 0.5) is 5.69 Å². The molecule has 4 rings (SSSR count). The first-order valence-electron chi connectivity index (χ1n) is 9.71. The topological polar surface area (TPSA) is 125 Å². The van der Waals surface area contributed by atoms with Gasteiger partial charge in [-0.15, -0.1) is 0 Å². The van der Waals surface area contributed by atoms with Crippen molar-refractivity contribution in [2.45, 2.75) is 33.1 Å². The minimum absolute atomic E-state index is 0.0359. The number of rotatable bonds is 6. The summed E-state index contributed by atoms with van der Waals surface area (Å²) in [5, 5.41) is 26.5. The Balaban J connectivity index is 1.62. The number of aryl methyl sites for hydroxylation is 1. The number of hydrazone groups is 1. The Morgan fingerprint density at radius 1 is 1.32 bits per heavy atom. The number of nitro benzene ring substituents is 1. The molecular weight excluding hydrogens is 418 g/mol. The molecule has 2 aliphatic rings. The van der Waals surface area contributed by atoms with Crippen LogP contribution in [0.3, 0.4) is 0 Å². The van der Waals surface area contributed by atoms with E-state index in [4.69, 9.17) is 9.83 Å². The fraction of sp³-hybridized carbons (Fsp3) is 0.238. The minimum Gasteiger partial charge on any atom is -0.457 e. The summed E-state index contributed by atoms with van der Waals surface area (Å²) in [4.78, 5) is 27.2. The van der Waals surface area contributed by atoms with E-state index in [9.17, 15) is 14.9 Å². The van der Waals surface area contributed by atoms with Gasteiger partial charge < -0.3 is 4.42 Å². The number of furan rings is 1. The molecule has 9 nitrogen and oxygen atoms in total. The van der Waals surface area contributed by atoms with E-state index in [1.165, 1.54) is 35.0 Å². The number of hydrogen-bond donors (Lipinski definition) is 1. The van der Waals surface area contributed by atoms with Gasteiger partial charge in [0.25, 0.3) is 11.6 Å². The summed E-state index contributed by atoms with van der Waals surface area (Å²) in [5.74, 6) is 0.192. The average Bonchev–Trinajstić information content (AvgIpc) is 3.36. The molecule has 0 spiro atoms. The number of amidine groups is 2. The number of thioether (sulfide) groups is 1. The van der Waals surface area contributed by atoms with Gasteiger partial charge in [-0.1, -0.05) is 19.4 Å². The first-order chi connectivity index (χ1) is 14.9. The summed E-state index contributed by atoms with van der Waals surface area (Å²) in [5.41, 5.74) is 1.44. The van der Waals surface area contributed by atoms with Crippen LogP contribution in [0.2, 0.25) is 0 Å². The molecule has 1 N–H and O–H groups in total. The summed E-state index contributed by atoms with van der Waals surface area (Å²) in [6.45, 7) is 3.92. The first kappa shape index (κ1) is 20.7. The number of carbonyl (C=O) groups excluding carboxylic acids is 1. The number of unbranched alkanes of at least 4 members (excludes halogenated alkanes) is 1. The summed E-state index contributed by atoms with van der Waals surface area (Å²) in [6.07, 6.45) is 4.23. The van der Waals surface area contributed by atoms with Crippen LogP contribution in [-0.4, -0.2) is 31.9 Å². The van der Waals surface area contributed by atoms with Gasteiger partial charge in [-0.2, -0.15) is 15.1 Å². The fourth-order valence-corrected chi connectivity index (χ4v) is 4.09. The Hall–Kier alpha value is -3.53. The van der Waals surface area contributed by atoms with Gasteiger partial charge in [0.2, 0.25) is 5.17 Å². The van der Waals surface area contributed by atoms with E-state index in [1.807, 2.05) is 6.92 Å². The number of nitrogens with one attached hydrogen (secondary N) is 1. The van der Waals surface area contributed by atoms with E-state index in [2.05, 4.69) is 17.0 Å². The summed E-state index contributed by atoms with van der Waals surface area (Å²) >= 11 is 1.32. The van der Waals surface area contributed by atoms with Gasteiger partial charge in [-0.25, -0.2) is 0 Å². The van der Waals surface area contributed by atoms with Gasteiger partial charge >= 0.3 is 0 Å². The lowest BCUT2D eigenvalue weighted by molar-refractivity contribution is -0.384. The van der Waals surface area contributed by atoms with Crippen molar-refractivity contribution in [1.29, 1.82) is 5.41 Å². The zero-order valence-corrected chi connectivity index (χ0v) is 17.7. The number of amides is 1. The highest BCUT2D eigenvalue weighted by Gasteiger charge is 2.35. The summed E-state index contributed by atoms with van der Waals surface area (Å²) < 4.78 is 5.81. The van der Waals surface area contributed by atoms with E-state index in [1.54, 1.807) is 18.2 Å². The van der Waals surface area contributed by atoms with Crippen LogP contribution in [-0.2, 0) is 4.79 Å². The van der Waals surface area contributed by atoms with Crippen molar-refractivity contribution in [2.24, 2.45) is 10.1 Å². The predicted molar refractivity (Wildman–Crippen MR) is 120 cm³/mol. The highest BCUT2D eigenvalue weighted by Crippen LogP contribution is 2.32. The van der Waals surface area contributed by atoms with E-state index >= 15 is 0 Å². The number of benzene rings is 1. The third kappa shape index (κ3) is 4.06. The van der Waals surface area contributed by atoms with Crippen molar-refractivity contribution in [3.8, 4) is 11.3 Å². The molecule has 0 radical (unpaired) electrons. The monoisotopic (exact) mass is 437 g/mol. The van der Waals surface area contributed by atoms with Crippen LogP contribution in [0.25, 0.3) is 17.4 Å². The predicted octanol–water partition coefficient (Wildman–Crippen LogP) is 4.97. The van der Waals surface area contributed by atoms with Crippen LogP contribution in [0.1, 0.15) is 37.5 Å². The van der Waals surface area contributed by atoms with Crippen molar-refractivity contribution < 1.29 is 14.1 Å². The lowest BCUT2D eigenvalue weighted by Crippen LogP contribution is -2.35. The Bertz CT molecular complexity index is 1190. The van der Waals surface area contributed by atoms with Crippen LogP contribution < -0.4 is 0 Å². The smallest absolute Gasteiger partial charge is 0.283 e. The van der Waals surface area contributed by atoms with Gasteiger partial charge in [-0.3, -0.25) is 20.3 Å². The SMILES string of the molecule is CCCCC1=NN2C(=N)/C(=C/c3ccc(-c4cc([N+](=O)[O-])ccc4C)o3)C(=O)N=C2S1. The highest BCUT2D eigenvalue weighted by molar-refractivity contribution is 8.26. The second-order valence-corrected chi connectivity index (χ2v) is 8.12. The van der Waals surface area contributed by atoms with Crippen molar-refractivity contribution in [2.75, 3.05) is 0 Å². The first-order valence-corrected chi connectivity index (χ1v) is 10.5. The maximum absolute atomic E-state index is 12.5. The molecule has 1 aromatic carbocycles. The van der Waals surface area contributed by atoms with E-state index in [0.29, 0.717) is 22.3 Å². The molecule has 1 amide bonds. The summed E-state index contributed by atoms with van der Waals surface area (Å²) in [7, 11) is 0. The van der Waals surface area contributed by atoms with E-state index < -0.39 is 10.8 Å². The maximum Gasteiger partial charge on any atom is 0.283 e.